The van der Waals surface area contributed by atoms with Crippen LogP contribution in [-0.4, -0.2) is 28.3 Å². The molecule has 0 atom stereocenters. The highest BCUT2D eigenvalue weighted by molar-refractivity contribution is 6.16. The predicted octanol–water partition coefficient (Wildman–Crippen LogP) is 3.85. The first-order valence-electron chi connectivity index (χ1n) is 9.62. The predicted molar refractivity (Wildman–Crippen MR) is 107 cm³/mol. The van der Waals surface area contributed by atoms with Crippen LogP contribution in [-0.2, 0) is 16.4 Å². The average molecular weight is 445 g/mol. The number of H-pyrrole nitrogens is 1. The molecular formula is C23H17F4N2O3-. The van der Waals surface area contributed by atoms with E-state index in [9.17, 15) is 32.3 Å². The minimum Gasteiger partial charge on any atom is -0.545 e. The zero-order chi connectivity index (χ0) is 23.4. The van der Waals surface area contributed by atoms with Gasteiger partial charge in [0.05, 0.1) is 22.8 Å². The second-order valence-electron chi connectivity index (χ2n) is 8.26. The van der Waals surface area contributed by atoms with Crippen molar-refractivity contribution < 1.29 is 32.3 Å². The second kappa shape index (κ2) is 7.22. The molecule has 1 aromatic heterocycles. The number of aromatic amines is 1. The monoisotopic (exact) mass is 445 g/mol. The van der Waals surface area contributed by atoms with Gasteiger partial charge in [-0.1, -0.05) is 32.0 Å². The fraction of sp³-hybridized carbons (Fsp3) is 0.217. The van der Waals surface area contributed by atoms with Gasteiger partial charge in [-0.25, -0.2) is 4.39 Å². The Kier molecular flexibility index (Phi) is 4.87. The van der Waals surface area contributed by atoms with Gasteiger partial charge < -0.3 is 19.8 Å². The molecule has 0 unspecified atom stereocenters. The molecule has 0 spiro atoms. The largest absolute Gasteiger partial charge is 0.545 e. The van der Waals surface area contributed by atoms with Crippen LogP contribution in [0.5, 0.6) is 0 Å². The van der Waals surface area contributed by atoms with E-state index >= 15 is 0 Å². The topological polar surface area (TPSA) is 76.2 Å². The summed E-state index contributed by atoms with van der Waals surface area (Å²) in [5.74, 6) is -3.86. The van der Waals surface area contributed by atoms with Gasteiger partial charge in [0, 0.05) is 34.6 Å². The van der Waals surface area contributed by atoms with E-state index in [1.54, 1.807) is 32.0 Å². The number of aromatic nitrogens is 1. The van der Waals surface area contributed by atoms with Crippen LogP contribution in [0.25, 0.3) is 16.5 Å². The summed E-state index contributed by atoms with van der Waals surface area (Å²) in [6.45, 7) is 3.54. The van der Waals surface area contributed by atoms with Gasteiger partial charge in [0.25, 0.3) is 5.91 Å². The number of benzene rings is 2. The smallest absolute Gasteiger partial charge is 0.416 e. The van der Waals surface area contributed by atoms with Gasteiger partial charge in [-0.3, -0.25) is 4.79 Å². The molecule has 0 bridgehead atoms. The molecule has 1 amide bonds. The molecule has 0 aliphatic carbocycles. The summed E-state index contributed by atoms with van der Waals surface area (Å²) in [6.07, 6.45) is -3.73. The maximum absolute atomic E-state index is 14.4. The van der Waals surface area contributed by atoms with Gasteiger partial charge in [-0.05, 0) is 29.8 Å². The second-order valence-corrected chi connectivity index (χ2v) is 8.26. The van der Waals surface area contributed by atoms with E-state index < -0.39 is 40.4 Å². The lowest BCUT2D eigenvalue weighted by atomic mass is 9.81. The van der Waals surface area contributed by atoms with Crippen molar-refractivity contribution >= 4 is 28.4 Å². The average Bonchev–Trinajstić information content (AvgIpc) is 3.04. The third-order valence-corrected chi connectivity index (χ3v) is 5.51. The van der Waals surface area contributed by atoms with Gasteiger partial charge in [0.15, 0.2) is 0 Å². The van der Waals surface area contributed by atoms with Crippen LogP contribution in [0.15, 0.2) is 48.7 Å². The van der Waals surface area contributed by atoms with Crippen molar-refractivity contribution in [3.05, 3.63) is 76.9 Å². The Hall–Kier alpha value is -3.62. The van der Waals surface area contributed by atoms with Crippen LogP contribution < -0.4 is 5.11 Å². The number of amides is 1. The highest BCUT2D eigenvalue weighted by Gasteiger charge is 2.37. The van der Waals surface area contributed by atoms with Crippen molar-refractivity contribution in [3.63, 3.8) is 0 Å². The highest BCUT2D eigenvalue weighted by atomic mass is 19.4. The van der Waals surface area contributed by atoms with Crippen molar-refractivity contribution in [2.24, 2.45) is 0 Å². The number of carbonyl (C=O) groups excluding carboxylic acids is 2. The van der Waals surface area contributed by atoms with Gasteiger partial charge in [-0.2, -0.15) is 13.2 Å². The van der Waals surface area contributed by atoms with E-state index in [2.05, 4.69) is 4.98 Å². The number of hydrogen-bond donors (Lipinski definition) is 1. The van der Waals surface area contributed by atoms with Crippen molar-refractivity contribution in [1.82, 2.24) is 9.88 Å². The third-order valence-electron chi connectivity index (χ3n) is 5.51. The summed E-state index contributed by atoms with van der Waals surface area (Å²) in [5, 5.41) is 12.7. The number of rotatable bonds is 2. The summed E-state index contributed by atoms with van der Waals surface area (Å²) < 4.78 is 53.0. The molecule has 1 aliphatic rings. The van der Waals surface area contributed by atoms with Gasteiger partial charge >= 0.3 is 6.18 Å². The summed E-state index contributed by atoms with van der Waals surface area (Å²) in [7, 11) is 0. The maximum Gasteiger partial charge on any atom is 0.416 e. The summed E-state index contributed by atoms with van der Waals surface area (Å²) in [4.78, 5) is 29.1. The molecule has 2 aromatic carbocycles. The summed E-state index contributed by atoms with van der Waals surface area (Å²) in [5.41, 5.74) is -1.33. The number of para-hydroxylation sites is 1. The van der Waals surface area contributed by atoms with Gasteiger partial charge in [0.2, 0.25) is 0 Å². The molecule has 5 nitrogen and oxygen atoms in total. The van der Waals surface area contributed by atoms with Crippen LogP contribution >= 0.6 is 0 Å². The number of alkyl halides is 3. The van der Waals surface area contributed by atoms with E-state index in [1.165, 1.54) is 0 Å². The first kappa shape index (κ1) is 21.6. The van der Waals surface area contributed by atoms with Crippen LogP contribution in [0, 0.1) is 5.82 Å². The number of fused-ring (bicyclic) bond motifs is 3. The zero-order valence-electron chi connectivity index (χ0n) is 17.0. The van der Waals surface area contributed by atoms with E-state index in [0.29, 0.717) is 17.1 Å². The number of carbonyl (C=O) groups is 2. The molecule has 0 saturated heterocycles. The van der Waals surface area contributed by atoms with Crippen molar-refractivity contribution in [2.75, 3.05) is 6.54 Å². The number of hydrogen-bond acceptors (Lipinski definition) is 3. The first-order chi connectivity index (χ1) is 14.9. The Balaban J connectivity index is 1.84. The van der Waals surface area contributed by atoms with Crippen LogP contribution in [0.3, 0.4) is 0 Å². The molecule has 4 rings (SSSR count). The minimum atomic E-state index is -4.77. The van der Waals surface area contributed by atoms with Crippen molar-refractivity contribution in [3.8, 4) is 0 Å². The van der Waals surface area contributed by atoms with E-state index in [0.717, 1.165) is 22.6 Å². The number of carboxylic acids is 1. The SMILES string of the molecule is CC1(C)CN(C(=O)c2ccc(C(F)(F)F)cc2F)C=C(C(=O)[O-])c2[nH]c3ccccc3c21. The lowest BCUT2D eigenvalue weighted by Gasteiger charge is -2.30. The van der Waals surface area contributed by atoms with Crippen LogP contribution in [0.2, 0.25) is 0 Å². The highest BCUT2D eigenvalue weighted by Crippen LogP contribution is 2.40. The molecule has 2 heterocycles. The van der Waals surface area contributed by atoms with Gasteiger partial charge in [0.1, 0.15) is 5.82 Å². The quantitative estimate of drug-likeness (QED) is 0.609. The molecule has 0 saturated carbocycles. The van der Waals surface area contributed by atoms with Crippen molar-refractivity contribution in [2.45, 2.75) is 25.4 Å². The zero-order valence-corrected chi connectivity index (χ0v) is 17.0. The molecule has 1 aliphatic heterocycles. The van der Waals surface area contributed by atoms with Crippen molar-refractivity contribution in [1.29, 1.82) is 0 Å². The normalized spacial score (nSPS) is 15.8. The minimum absolute atomic E-state index is 0.0437. The van der Waals surface area contributed by atoms with E-state index in [-0.39, 0.29) is 23.9 Å². The lowest BCUT2D eigenvalue weighted by Crippen LogP contribution is -2.37. The molecule has 32 heavy (non-hydrogen) atoms. The number of aliphatic carboxylic acids is 1. The summed E-state index contributed by atoms with van der Waals surface area (Å²) >= 11 is 0. The van der Waals surface area contributed by atoms with Gasteiger partial charge in [-0.15, -0.1) is 0 Å². The van der Waals surface area contributed by atoms with E-state index in [4.69, 9.17) is 0 Å². The Labute approximate surface area is 180 Å². The number of carboxylic acid groups (broad SMARTS) is 1. The fourth-order valence-corrected chi connectivity index (χ4v) is 4.12. The first-order valence-corrected chi connectivity index (χ1v) is 9.62. The fourth-order valence-electron chi connectivity index (χ4n) is 4.12. The molecule has 0 radical (unpaired) electrons. The molecular weight excluding hydrogens is 428 g/mol. The standard InChI is InChI=1S/C23H18F4N2O3/c1-22(2)11-29(20(30)13-8-7-12(9-16(13)24)23(25,26)27)10-15(21(31)32)19-18(22)14-5-3-4-6-17(14)28-19/h3-10,28H,11H2,1-2H3,(H,31,32)/p-1. The Bertz CT molecular complexity index is 1290. The third kappa shape index (κ3) is 3.53. The Morgan fingerprint density at radius 3 is 2.44 bits per heavy atom. The Morgan fingerprint density at radius 2 is 1.81 bits per heavy atom. The number of nitrogens with one attached hydrogen (secondary N) is 1. The molecule has 3 aromatic rings. The lowest BCUT2D eigenvalue weighted by molar-refractivity contribution is -0.295. The summed E-state index contributed by atoms with van der Waals surface area (Å²) in [6, 6.07) is 8.78. The number of nitrogens with zero attached hydrogens (tertiary/aromatic N) is 1. The van der Waals surface area contributed by atoms with Crippen LogP contribution in [0.4, 0.5) is 17.6 Å². The Morgan fingerprint density at radius 1 is 1.12 bits per heavy atom. The maximum atomic E-state index is 14.4. The van der Waals surface area contributed by atoms with E-state index in [1.807, 2.05) is 6.07 Å². The molecule has 166 valence electrons. The molecule has 0 fully saturated rings. The number of halogens is 4. The molecule has 9 heteroatoms. The van der Waals surface area contributed by atoms with Crippen LogP contribution in [0.1, 0.15) is 41.0 Å². The molecule has 1 N–H and O–H groups in total.